The van der Waals surface area contributed by atoms with Crippen molar-refractivity contribution in [2.24, 2.45) is 0 Å². The van der Waals surface area contributed by atoms with Gasteiger partial charge in [0.05, 0.1) is 0 Å². The standard InChI is InChI=1S/C15H13ClO2/c16-15(18)8-4-7-14(17)13-10-9-11-5-2-1-3-6-12(11)13/h1-3,5-6,9-10H,4,7-8H2. The van der Waals surface area contributed by atoms with Gasteiger partial charge in [0, 0.05) is 18.4 Å². The lowest BCUT2D eigenvalue weighted by Crippen LogP contribution is -1.99. The molecule has 0 saturated heterocycles. The van der Waals surface area contributed by atoms with Crippen LogP contribution in [0.15, 0.2) is 42.5 Å². The molecule has 0 spiro atoms. The highest BCUT2D eigenvalue weighted by atomic mass is 35.5. The molecule has 0 aliphatic heterocycles. The summed E-state index contributed by atoms with van der Waals surface area (Å²) >= 11 is 5.25. The van der Waals surface area contributed by atoms with Crippen LogP contribution in [0.5, 0.6) is 0 Å². The average Bonchev–Trinajstić information content (AvgIpc) is 2.58. The van der Waals surface area contributed by atoms with Crippen LogP contribution in [0.1, 0.15) is 29.6 Å². The summed E-state index contributed by atoms with van der Waals surface area (Å²) in [4.78, 5) is 22.7. The Morgan fingerprint density at radius 3 is 2.50 bits per heavy atom. The molecule has 2 aliphatic rings. The second kappa shape index (κ2) is 5.78. The van der Waals surface area contributed by atoms with Crippen LogP contribution in [0.2, 0.25) is 0 Å². The fraction of sp³-hybridized carbons (Fsp3) is 0.200. The lowest BCUT2D eigenvalue weighted by atomic mass is 10.0. The van der Waals surface area contributed by atoms with Gasteiger partial charge in [-0.25, -0.2) is 0 Å². The second-order valence-corrected chi connectivity index (χ2v) is 4.58. The fourth-order valence-electron chi connectivity index (χ4n) is 1.98. The first-order valence-corrected chi connectivity index (χ1v) is 6.25. The quantitative estimate of drug-likeness (QED) is 0.603. The number of hydrogen-bond donors (Lipinski definition) is 0. The number of halogens is 1. The van der Waals surface area contributed by atoms with Crippen molar-refractivity contribution in [2.75, 3.05) is 0 Å². The Labute approximate surface area is 111 Å². The third-order valence-corrected chi connectivity index (χ3v) is 3.06. The molecule has 0 aromatic rings. The largest absolute Gasteiger partial charge is 0.294 e. The van der Waals surface area contributed by atoms with E-state index in [0.29, 0.717) is 12.8 Å². The smallest absolute Gasteiger partial charge is 0.221 e. The Hall–Kier alpha value is -1.67. The van der Waals surface area contributed by atoms with Gasteiger partial charge in [-0.1, -0.05) is 42.5 Å². The molecule has 18 heavy (non-hydrogen) atoms. The molecule has 0 saturated carbocycles. The number of ketones is 1. The Kier molecular flexibility index (Phi) is 4.11. The van der Waals surface area contributed by atoms with E-state index in [1.54, 1.807) is 0 Å². The van der Waals surface area contributed by atoms with Gasteiger partial charge in [-0.15, -0.1) is 0 Å². The Bertz CT molecular complexity index is 548. The van der Waals surface area contributed by atoms with Gasteiger partial charge in [0.2, 0.25) is 5.24 Å². The predicted molar refractivity (Wildman–Crippen MR) is 72.1 cm³/mol. The lowest BCUT2D eigenvalue weighted by molar-refractivity contribution is -0.111. The molecule has 0 aromatic carbocycles. The van der Waals surface area contributed by atoms with Crippen LogP contribution in [-0.2, 0) is 4.79 Å². The summed E-state index contributed by atoms with van der Waals surface area (Å²) < 4.78 is 0. The maximum atomic E-state index is 12.0. The zero-order chi connectivity index (χ0) is 13.0. The van der Waals surface area contributed by atoms with Crippen LogP contribution < -0.4 is 0 Å². The van der Waals surface area contributed by atoms with Crippen LogP contribution in [0.4, 0.5) is 0 Å². The van der Waals surface area contributed by atoms with Crippen molar-refractivity contribution in [3.8, 4) is 11.1 Å². The summed E-state index contributed by atoms with van der Waals surface area (Å²) in [6, 6.07) is 13.5. The monoisotopic (exact) mass is 260 g/mol. The highest BCUT2D eigenvalue weighted by Gasteiger charge is 2.14. The van der Waals surface area contributed by atoms with Crippen molar-refractivity contribution in [1.82, 2.24) is 0 Å². The predicted octanol–water partition coefficient (Wildman–Crippen LogP) is 3.91. The molecule has 0 unspecified atom stereocenters. The summed E-state index contributed by atoms with van der Waals surface area (Å²) in [6.07, 6.45) is 1.11. The molecule has 0 N–H and O–H groups in total. The highest BCUT2D eigenvalue weighted by Crippen LogP contribution is 2.28. The van der Waals surface area contributed by atoms with Crippen LogP contribution in [-0.4, -0.2) is 11.0 Å². The van der Waals surface area contributed by atoms with Gasteiger partial charge < -0.3 is 0 Å². The van der Waals surface area contributed by atoms with Crippen molar-refractivity contribution in [2.45, 2.75) is 19.3 Å². The Morgan fingerprint density at radius 1 is 0.944 bits per heavy atom. The van der Waals surface area contributed by atoms with E-state index in [0.717, 1.165) is 16.7 Å². The normalized spacial score (nSPS) is 10.5. The molecular formula is C15H13ClO2. The first-order valence-electron chi connectivity index (χ1n) is 5.88. The first kappa shape index (κ1) is 12.8. The molecule has 0 heterocycles. The first-order chi connectivity index (χ1) is 8.68. The van der Waals surface area contributed by atoms with Crippen molar-refractivity contribution < 1.29 is 9.59 Å². The minimum Gasteiger partial charge on any atom is -0.294 e. The van der Waals surface area contributed by atoms with Gasteiger partial charge >= 0.3 is 0 Å². The molecule has 3 heteroatoms. The Morgan fingerprint density at radius 2 is 1.72 bits per heavy atom. The molecule has 2 nitrogen and oxygen atoms in total. The van der Waals surface area contributed by atoms with Gasteiger partial charge in [-0.2, -0.15) is 0 Å². The molecule has 2 aliphatic carbocycles. The number of fused-ring (bicyclic) bond motifs is 1. The molecule has 0 bridgehead atoms. The van der Waals surface area contributed by atoms with E-state index in [9.17, 15) is 9.59 Å². The number of carbonyl (C=O) groups excluding carboxylic acids is 2. The van der Waals surface area contributed by atoms with Crippen LogP contribution >= 0.6 is 11.6 Å². The number of Topliss-reactive ketones (excluding diaryl/α,β-unsaturated/α-hetero) is 1. The number of hydrogen-bond acceptors (Lipinski definition) is 2. The van der Waals surface area contributed by atoms with E-state index in [-0.39, 0.29) is 17.4 Å². The third-order valence-electron chi connectivity index (χ3n) is 2.87. The van der Waals surface area contributed by atoms with Gasteiger partial charge in [0.15, 0.2) is 5.78 Å². The van der Waals surface area contributed by atoms with E-state index in [1.807, 2.05) is 42.5 Å². The maximum absolute atomic E-state index is 12.0. The van der Waals surface area contributed by atoms with E-state index in [1.165, 1.54) is 0 Å². The van der Waals surface area contributed by atoms with Crippen LogP contribution in [0, 0.1) is 0 Å². The molecule has 0 radical (unpaired) electrons. The summed E-state index contributed by atoms with van der Waals surface area (Å²) in [7, 11) is 0. The molecule has 2 rings (SSSR count). The van der Waals surface area contributed by atoms with E-state index < -0.39 is 0 Å². The number of rotatable bonds is 5. The summed E-state index contributed by atoms with van der Waals surface area (Å²) in [6.45, 7) is 0. The minimum absolute atomic E-state index is 0.0640. The second-order valence-electron chi connectivity index (χ2n) is 4.16. The topological polar surface area (TPSA) is 34.1 Å². The van der Waals surface area contributed by atoms with Crippen molar-refractivity contribution in [3.63, 3.8) is 0 Å². The summed E-state index contributed by atoms with van der Waals surface area (Å²) in [5.74, 6) is 0.0640. The lowest BCUT2D eigenvalue weighted by Gasteiger charge is -2.00. The van der Waals surface area contributed by atoms with Gasteiger partial charge in [-0.3, -0.25) is 9.59 Å². The fourth-order valence-corrected chi connectivity index (χ4v) is 2.11. The van der Waals surface area contributed by atoms with Gasteiger partial charge in [0.25, 0.3) is 0 Å². The molecular weight excluding hydrogens is 248 g/mol. The zero-order valence-corrected chi connectivity index (χ0v) is 10.6. The SMILES string of the molecule is O=C(Cl)CCCC(=O)c1ccc2cccccc1-2. The van der Waals surface area contributed by atoms with E-state index in [4.69, 9.17) is 11.6 Å². The summed E-state index contributed by atoms with van der Waals surface area (Å²) in [5.41, 5.74) is 2.74. The van der Waals surface area contributed by atoms with Gasteiger partial charge in [-0.05, 0) is 29.1 Å². The molecule has 0 atom stereocenters. The van der Waals surface area contributed by atoms with Crippen molar-refractivity contribution >= 4 is 22.6 Å². The molecule has 0 fully saturated rings. The summed E-state index contributed by atoms with van der Waals surface area (Å²) in [5, 5.41) is -0.387. The van der Waals surface area contributed by atoms with Crippen molar-refractivity contribution in [3.05, 3.63) is 48.0 Å². The highest BCUT2D eigenvalue weighted by molar-refractivity contribution is 6.63. The third kappa shape index (κ3) is 2.96. The van der Waals surface area contributed by atoms with Crippen LogP contribution in [0.3, 0.4) is 0 Å². The maximum Gasteiger partial charge on any atom is 0.221 e. The van der Waals surface area contributed by atoms with Gasteiger partial charge in [0.1, 0.15) is 0 Å². The van der Waals surface area contributed by atoms with Crippen LogP contribution in [0.25, 0.3) is 11.1 Å². The van der Waals surface area contributed by atoms with E-state index in [2.05, 4.69) is 0 Å². The Balaban J connectivity index is 2.13. The number of carbonyl (C=O) groups is 2. The van der Waals surface area contributed by atoms with Crippen molar-refractivity contribution in [1.29, 1.82) is 0 Å². The zero-order valence-electron chi connectivity index (χ0n) is 9.86. The van der Waals surface area contributed by atoms with E-state index >= 15 is 0 Å². The molecule has 0 aromatic heterocycles. The minimum atomic E-state index is -0.387. The molecule has 92 valence electrons. The average molecular weight is 261 g/mol. The molecule has 0 amide bonds.